The molecule has 5 aromatic carbocycles. The van der Waals surface area contributed by atoms with Gasteiger partial charge in [0.25, 0.3) is 15.9 Å². The molecule has 0 aliphatic carbocycles. The smallest absolute Gasteiger partial charge is 0.264 e. The van der Waals surface area contributed by atoms with E-state index in [0.717, 1.165) is 26.4 Å². The van der Waals surface area contributed by atoms with Gasteiger partial charge in [-0.15, -0.1) is 0 Å². The van der Waals surface area contributed by atoms with Gasteiger partial charge >= 0.3 is 0 Å². The quantitative estimate of drug-likeness (QED) is 0.147. The largest absolute Gasteiger partial charge is 0.489 e. The molecule has 7 nitrogen and oxygen atoms in total. The van der Waals surface area contributed by atoms with Crippen LogP contribution < -0.4 is 14.5 Å². The number of hydrazone groups is 1. The van der Waals surface area contributed by atoms with E-state index in [4.69, 9.17) is 4.74 Å². The number of rotatable bonds is 11. The van der Waals surface area contributed by atoms with Gasteiger partial charge in [-0.25, -0.2) is 13.8 Å². The van der Waals surface area contributed by atoms with E-state index in [9.17, 15) is 13.2 Å². The first-order valence-electron chi connectivity index (χ1n) is 13.6. The maximum Gasteiger partial charge on any atom is 0.264 e. The Labute approximate surface area is 246 Å². The Kier molecular flexibility index (Phi) is 8.94. The SMILES string of the molecule is CCc1ccccc1N(CC(=O)N/N=C\c1ccc(OCc2cccc3ccccc23)cc1)S(=O)(=O)c1ccccc1. The number of hydrogen-bond acceptors (Lipinski definition) is 5. The molecule has 212 valence electrons. The van der Waals surface area contributed by atoms with Gasteiger partial charge in [-0.2, -0.15) is 5.10 Å². The Bertz CT molecular complexity index is 1800. The number of para-hydroxylation sites is 1. The standard InChI is InChI=1S/C34H31N3O4S/c1-2-27-11-7-9-18-33(27)37(42(39,40)31-15-4-3-5-16-31)24-34(38)36-35-23-26-19-21-30(22-20-26)41-25-29-14-10-13-28-12-6-8-17-32(28)29/h3-23H,2,24-25H2,1H3,(H,36,38)/b35-23-. The van der Waals surface area contributed by atoms with E-state index in [1.807, 2.05) is 61.5 Å². The van der Waals surface area contributed by atoms with Crippen LogP contribution in [0.5, 0.6) is 5.75 Å². The number of amides is 1. The van der Waals surface area contributed by atoms with Gasteiger partial charge in [-0.3, -0.25) is 9.10 Å². The second kappa shape index (κ2) is 13.1. The Morgan fingerprint density at radius 3 is 2.26 bits per heavy atom. The van der Waals surface area contributed by atoms with Gasteiger partial charge in [0.05, 0.1) is 16.8 Å². The molecule has 42 heavy (non-hydrogen) atoms. The highest BCUT2D eigenvalue weighted by atomic mass is 32.2. The minimum absolute atomic E-state index is 0.106. The molecule has 5 rings (SSSR count). The third-order valence-corrected chi connectivity index (χ3v) is 8.59. The number of sulfonamides is 1. The maximum atomic E-state index is 13.6. The zero-order valence-corrected chi connectivity index (χ0v) is 24.0. The van der Waals surface area contributed by atoms with Crippen molar-refractivity contribution in [1.29, 1.82) is 0 Å². The zero-order chi connectivity index (χ0) is 29.4. The molecule has 5 aromatic rings. The summed E-state index contributed by atoms with van der Waals surface area (Å²) in [5.41, 5.74) is 5.59. The van der Waals surface area contributed by atoms with E-state index >= 15 is 0 Å². The second-order valence-corrected chi connectivity index (χ2v) is 11.5. The molecule has 1 amide bonds. The molecular weight excluding hydrogens is 546 g/mol. The summed E-state index contributed by atoms with van der Waals surface area (Å²) >= 11 is 0. The number of aryl methyl sites for hydroxylation is 1. The van der Waals surface area contributed by atoms with Crippen molar-refractivity contribution in [3.8, 4) is 5.75 Å². The summed E-state index contributed by atoms with van der Waals surface area (Å²) in [5.74, 6) is 0.146. The molecule has 0 heterocycles. The summed E-state index contributed by atoms with van der Waals surface area (Å²) in [7, 11) is -3.99. The minimum Gasteiger partial charge on any atom is -0.489 e. The lowest BCUT2D eigenvalue weighted by atomic mass is 10.1. The van der Waals surface area contributed by atoms with Crippen LogP contribution in [-0.4, -0.2) is 27.1 Å². The lowest BCUT2D eigenvalue weighted by Gasteiger charge is -2.25. The van der Waals surface area contributed by atoms with Crippen LogP contribution in [0, 0.1) is 0 Å². The number of carbonyl (C=O) groups excluding carboxylic acids is 1. The molecule has 0 unspecified atom stereocenters. The third kappa shape index (κ3) is 6.67. The van der Waals surface area contributed by atoms with Gasteiger partial charge in [0, 0.05) is 0 Å². The molecule has 0 saturated carbocycles. The van der Waals surface area contributed by atoms with Crippen molar-refractivity contribution in [2.24, 2.45) is 5.10 Å². The number of anilines is 1. The molecule has 0 fully saturated rings. The second-order valence-electron chi connectivity index (χ2n) is 9.60. The Balaban J connectivity index is 1.24. The van der Waals surface area contributed by atoms with Crippen molar-refractivity contribution < 1.29 is 17.9 Å². The molecule has 1 N–H and O–H groups in total. The molecule has 0 aromatic heterocycles. The molecule has 0 atom stereocenters. The van der Waals surface area contributed by atoms with Crippen LogP contribution in [-0.2, 0) is 27.8 Å². The fourth-order valence-electron chi connectivity index (χ4n) is 4.65. The fourth-order valence-corrected chi connectivity index (χ4v) is 6.13. The van der Waals surface area contributed by atoms with Crippen LogP contribution >= 0.6 is 0 Å². The van der Waals surface area contributed by atoms with E-state index < -0.39 is 22.5 Å². The Hall–Kier alpha value is -4.95. The highest BCUT2D eigenvalue weighted by Crippen LogP contribution is 2.27. The van der Waals surface area contributed by atoms with E-state index in [2.05, 4.69) is 34.8 Å². The number of fused-ring (bicyclic) bond motifs is 1. The first kappa shape index (κ1) is 28.6. The number of carbonyl (C=O) groups is 1. The summed E-state index contributed by atoms with van der Waals surface area (Å²) in [6.07, 6.45) is 2.11. The Morgan fingerprint density at radius 2 is 1.48 bits per heavy atom. The zero-order valence-electron chi connectivity index (χ0n) is 23.2. The monoisotopic (exact) mass is 577 g/mol. The van der Waals surface area contributed by atoms with Crippen LogP contribution in [0.15, 0.2) is 131 Å². The minimum atomic E-state index is -3.99. The van der Waals surface area contributed by atoms with Crippen molar-refractivity contribution in [2.45, 2.75) is 24.8 Å². The number of benzene rings is 5. The molecule has 0 spiro atoms. The highest BCUT2D eigenvalue weighted by Gasteiger charge is 2.28. The van der Waals surface area contributed by atoms with Gasteiger partial charge in [-0.05, 0) is 76.3 Å². The molecule has 0 aliphatic rings. The summed E-state index contributed by atoms with van der Waals surface area (Å²) in [6.45, 7) is 1.96. The first-order chi connectivity index (χ1) is 20.5. The van der Waals surface area contributed by atoms with Crippen molar-refractivity contribution in [2.75, 3.05) is 10.8 Å². The predicted octanol–water partition coefficient (Wildman–Crippen LogP) is 6.33. The van der Waals surface area contributed by atoms with Crippen LogP contribution in [0.25, 0.3) is 10.8 Å². The number of nitrogens with one attached hydrogen (secondary N) is 1. The molecule has 0 saturated heterocycles. The average Bonchev–Trinajstić information content (AvgIpc) is 3.03. The van der Waals surface area contributed by atoms with Crippen molar-refractivity contribution in [1.82, 2.24) is 5.43 Å². The molecular formula is C34H31N3O4S. The van der Waals surface area contributed by atoms with Crippen LogP contribution in [0.4, 0.5) is 5.69 Å². The van der Waals surface area contributed by atoms with Gasteiger partial charge in [0.2, 0.25) is 0 Å². The van der Waals surface area contributed by atoms with Gasteiger partial charge in [0.1, 0.15) is 18.9 Å². The van der Waals surface area contributed by atoms with Crippen LogP contribution in [0.3, 0.4) is 0 Å². The van der Waals surface area contributed by atoms with Gasteiger partial charge < -0.3 is 4.74 Å². The third-order valence-electron chi connectivity index (χ3n) is 6.82. The van der Waals surface area contributed by atoms with Crippen molar-refractivity contribution in [3.63, 3.8) is 0 Å². The Morgan fingerprint density at radius 1 is 0.810 bits per heavy atom. The summed E-state index contributed by atoms with van der Waals surface area (Å²) in [4.78, 5) is 13.0. The van der Waals surface area contributed by atoms with E-state index in [-0.39, 0.29) is 4.90 Å². The molecule has 8 heteroatoms. The fraction of sp³-hybridized carbons (Fsp3) is 0.118. The predicted molar refractivity (Wildman–Crippen MR) is 167 cm³/mol. The van der Waals surface area contributed by atoms with Gasteiger partial charge in [-0.1, -0.05) is 85.8 Å². The lowest BCUT2D eigenvalue weighted by molar-refractivity contribution is -0.119. The average molecular weight is 578 g/mol. The summed E-state index contributed by atoms with van der Waals surface area (Å²) in [6, 6.07) is 36.9. The van der Waals surface area contributed by atoms with Crippen LogP contribution in [0.2, 0.25) is 0 Å². The topological polar surface area (TPSA) is 88.1 Å². The summed E-state index contributed by atoms with van der Waals surface area (Å²) < 4.78 is 34.3. The summed E-state index contributed by atoms with van der Waals surface area (Å²) in [5, 5.41) is 6.39. The van der Waals surface area contributed by atoms with Crippen LogP contribution in [0.1, 0.15) is 23.6 Å². The number of hydrogen-bond donors (Lipinski definition) is 1. The first-order valence-corrected chi connectivity index (χ1v) is 15.1. The molecule has 0 bridgehead atoms. The number of ether oxygens (including phenoxy) is 1. The lowest BCUT2D eigenvalue weighted by Crippen LogP contribution is -2.40. The van der Waals surface area contributed by atoms with E-state index in [0.29, 0.717) is 24.5 Å². The van der Waals surface area contributed by atoms with Gasteiger partial charge in [0.15, 0.2) is 0 Å². The molecule has 0 aliphatic heterocycles. The van der Waals surface area contributed by atoms with Crippen molar-refractivity contribution in [3.05, 3.63) is 138 Å². The highest BCUT2D eigenvalue weighted by molar-refractivity contribution is 7.92. The molecule has 0 radical (unpaired) electrons. The van der Waals surface area contributed by atoms with Crippen molar-refractivity contribution >= 4 is 38.6 Å². The normalized spacial score (nSPS) is 11.5. The van der Waals surface area contributed by atoms with E-state index in [1.165, 1.54) is 23.7 Å². The van der Waals surface area contributed by atoms with E-state index in [1.54, 1.807) is 30.3 Å². The maximum absolute atomic E-state index is 13.6. The number of nitrogens with zero attached hydrogens (tertiary/aromatic N) is 2.